The van der Waals surface area contributed by atoms with Gasteiger partial charge in [-0.3, -0.25) is 14.8 Å². The first kappa shape index (κ1) is 35.4. The fourth-order valence-electron chi connectivity index (χ4n) is 5.64. The molecule has 0 radical (unpaired) electrons. The highest BCUT2D eigenvalue weighted by atomic mass is 19.4. The second-order valence-corrected chi connectivity index (χ2v) is 11.3. The van der Waals surface area contributed by atoms with Gasteiger partial charge in [0.05, 0.1) is 37.1 Å². The van der Waals surface area contributed by atoms with Crippen molar-refractivity contribution in [2.45, 2.75) is 44.7 Å². The van der Waals surface area contributed by atoms with Crippen molar-refractivity contribution in [3.8, 4) is 11.3 Å². The Morgan fingerprint density at radius 3 is 2.39 bits per heavy atom. The largest absolute Gasteiger partial charge is 0.467 e. The molecule has 16 heteroatoms. The van der Waals surface area contributed by atoms with E-state index in [1.807, 2.05) is 0 Å². The summed E-state index contributed by atoms with van der Waals surface area (Å²) in [6.07, 6.45) is -8.51. The van der Waals surface area contributed by atoms with Gasteiger partial charge in [0.1, 0.15) is 29.3 Å². The normalized spacial score (nSPS) is 16.1. The van der Waals surface area contributed by atoms with E-state index in [4.69, 9.17) is 9.47 Å². The fraction of sp³-hybridized carbons (Fsp3) is 0.333. The Balaban J connectivity index is 1.48. The van der Waals surface area contributed by atoms with Crippen molar-refractivity contribution < 1.29 is 54.2 Å². The minimum absolute atomic E-state index is 0.0469. The third-order valence-electron chi connectivity index (χ3n) is 8.19. The second-order valence-electron chi connectivity index (χ2n) is 11.3. The van der Waals surface area contributed by atoms with Crippen molar-refractivity contribution in [1.29, 1.82) is 0 Å². The molecule has 1 saturated heterocycles. The van der Waals surface area contributed by atoms with Gasteiger partial charge >= 0.3 is 18.3 Å². The number of hydrogen-bond acceptors (Lipinski definition) is 7. The number of pyridine rings is 2. The number of aryl methyl sites for hydroxylation is 2. The summed E-state index contributed by atoms with van der Waals surface area (Å²) in [4.78, 5) is 35.2. The van der Waals surface area contributed by atoms with E-state index in [0.717, 1.165) is 18.1 Å². The number of methoxy groups -OCH3 is 1. The maximum atomic E-state index is 15.2. The van der Waals surface area contributed by atoms with E-state index in [-0.39, 0.29) is 36.3 Å². The van der Waals surface area contributed by atoms with Crippen molar-refractivity contribution in [2.24, 2.45) is 0 Å². The van der Waals surface area contributed by atoms with E-state index >= 15 is 8.78 Å². The number of amides is 1. The average molecular weight is 697 g/mol. The number of nitrogens with one attached hydrogen (secondary N) is 1. The maximum absolute atomic E-state index is 15.2. The lowest BCUT2D eigenvalue weighted by molar-refractivity contribution is -0.167. The number of anilines is 1. The number of esters is 1. The van der Waals surface area contributed by atoms with Gasteiger partial charge in [-0.15, -0.1) is 0 Å². The zero-order valence-electron chi connectivity index (χ0n) is 26.1. The highest BCUT2D eigenvalue weighted by Gasteiger charge is 2.46. The third-order valence-corrected chi connectivity index (χ3v) is 8.19. The van der Waals surface area contributed by atoms with Gasteiger partial charge in [0.2, 0.25) is 0 Å². The summed E-state index contributed by atoms with van der Waals surface area (Å²) < 4.78 is 123. The van der Waals surface area contributed by atoms with Crippen molar-refractivity contribution in [3.05, 3.63) is 88.2 Å². The lowest BCUT2D eigenvalue weighted by atomic mass is 9.94. The highest BCUT2D eigenvalue weighted by molar-refractivity contribution is 5.99. The number of ether oxygens (including phenoxy) is 2. The van der Waals surface area contributed by atoms with Gasteiger partial charge in [0.15, 0.2) is 0 Å². The summed E-state index contributed by atoms with van der Waals surface area (Å²) >= 11 is 0. The molecule has 1 aliphatic rings. The second kappa shape index (κ2) is 13.6. The van der Waals surface area contributed by atoms with Crippen molar-refractivity contribution in [1.82, 2.24) is 15.3 Å². The molecule has 2 aromatic carbocycles. The molecule has 0 unspecified atom stereocenters. The molecule has 1 aliphatic heterocycles. The lowest BCUT2D eigenvalue weighted by Crippen LogP contribution is -2.53. The van der Waals surface area contributed by atoms with E-state index in [9.17, 15) is 35.9 Å². The van der Waals surface area contributed by atoms with Crippen LogP contribution < -0.4 is 10.2 Å². The number of carbonyl (C=O) groups excluding carboxylic acids is 2. The molecule has 1 amide bonds. The number of morpholine rings is 1. The van der Waals surface area contributed by atoms with Crippen LogP contribution in [-0.4, -0.2) is 67.0 Å². The first-order valence-corrected chi connectivity index (χ1v) is 14.7. The molecule has 8 nitrogen and oxygen atoms in total. The molecule has 1 fully saturated rings. The van der Waals surface area contributed by atoms with E-state index in [1.54, 1.807) is 6.92 Å². The van der Waals surface area contributed by atoms with Gasteiger partial charge in [0.25, 0.3) is 5.91 Å². The Bertz CT molecular complexity index is 1890. The molecule has 2 aromatic heterocycles. The van der Waals surface area contributed by atoms with E-state index in [0.29, 0.717) is 34.3 Å². The number of halogens is 8. The SMILES string of the molecule is COC(=O)[C@H](Cc1ccc(-c2nc(C)c(C)cc2C(F)(F)F)c2ncccc12)NC(=O)c1c(F)cc(N2CCOC[C@@H]2C(F)(F)F)cc1F. The maximum Gasteiger partial charge on any atom is 0.418 e. The summed E-state index contributed by atoms with van der Waals surface area (Å²) in [7, 11) is 1.00. The first-order valence-electron chi connectivity index (χ1n) is 14.7. The number of hydrogen-bond donors (Lipinski definition) is 1. The van der Waals surface area contributed by atoms with Gasteiger partial charge in [-0.25, -0.2) is 13.6 Å². The van der Waals surface area contributed by atoms with Crippen LogP contribution in [0.2, 0.25) is 0 Å². The molecule has 4 aromatic rings. The zero-order valence-corrected chi connectivity index (χ0v) is 26.1. The Labute approximate surface area is 274 Å². The number of alkyl halides is 6. The predicted octanol–water partition coefficient (Wildman–Crippen LogP) is 6.49. The quantitative estimate of drug-likeness (QED) is 0.175. The molecular weight excluding hydrogens is 668 g/mol. The van der Waals surface area contributed by atoms with Crippen LogP contribution in [0.1, 0.15) is 32.7 Å². The van der Waals surface area contributed by atoms with Gasteiger partial charge in [-0.05, 0) is 49.2 Å². The number of nitrogens with zero attached hydrogens (tertiary/aromatic N) is 3. The van der Waals surface area contributed by atoms with E-state index in [1.165, 1.54) is 37.4 Å². The molecule has 260 valence electrons. The number of benzene rings is 2. The van der Waals surface area contributed by atoms with Gasteiger partial charge in [-0.2, -0.15) is 26.3 Å². The smallest absolute Gasteiger partial charge is 0.418 e. The number of carbonyl (C=O) groups is 2. The molecule has 0 spiro atoms. The fourth-order valence-corrected chi connectivity index (χ4v) is 5.64. The number of aromatic nitrogens is 2. The Morgan fingerprint density at radius 1 is 1.06 bits per heavy atom. The van der Waals surface area contributed by atoms with Crippen molar-refractivity contribution in [3.63, 3.8) is 0 Å². The molecule has 5 rings (SSSR count). The minimum Gasteiger partial charge on any atom is -0.467 e. The van der Waals surface area contributed by atoms with Crippen LogP contribution in [0.25, 0.3) is 22.2 Å². The standard InChI is InChI=1S/C33H28F8N4O4/c1-16-11-22(32(36,37)38)29(43-17(16)2)21-7-6-18(20-5-4-8-42-28(20)21)12-25(31(47)48-3)44-30(46)27-23(34)13-19(14-24(27)35)45-9-10-49-15-26(45)33(39,40)41/h4-8,11,13-14,25-26H,9-10,12,15H2,1-3H3,(H,44,46)/t25-,26+/m0/s1. The molecule has 2 atom stereocenters. The molecule has 49 heavy (non-hydrogen) atoms. The van der Waals surface area contributed by atoms with Crippen molar-refractivity contribution in [2.75, 3.05) is 31.8 Å². The average Bonchev–Trinajstić information content (AvgIpc) is 3.04. The molecule has 0 bridgehead atoms. The highest BCUT2D eigenvalue weighted by Crippen LogP contribution is 2.40. The molecular formula is C33H28F8N4O4. The van der Waals surface area contributed by atoms with Crippen molar-refractivity contribution >= 4 is 28.5 Å². The molecule has 0 aliphatic carbocycles. The van der Waals surface area contributed by atoms with Gasteiger partial charge in [0, 0.05) is 41.5 Å². The van der Waals surface area contributed by atoms with E-state index < -0.39 is 71.4 Å². The monoisotopic (exact) mass is 696 g/mol. The lowest BCUT2D eigenvalue weighted by Gasteiger charge is -2.38. The third kappa shape index (κ3) is 7.28. The summed E-state index contributed by atoms with van der Waals surface area (Å²) in [5, 5.41) is 2.51. The summed E-state index contributed by atoms with van der Waals surface area (Å²) in [5.41, 5.74) is -1.82. The molecule has 3 heterocycles. The summed E-state index contributed by atoms with van der Waals surface area (Å²) in [6, 6.07) is 4.21. The van der Waals surface area contributed by atoms with Crippen LogP contribution in [-0.2, 0) is 26.9 Å². The summed E-state index contributed by atoms with van der Waals surface area (Å²) in [5.74, 6) is -5.39. The molecule has 1 N–H and O–H groups in total. The topological polar surface area (TPSA) is 93.7 Å². The Morgan fingerprint density at radius 2 is 1.76 bits per heavy atom. The minimum atomic E-state index is -4.77. The van der Waals surface area contributed by atoms with Crippen LogP contribution >= 0.6 is 0 Å². The number of fused-ring (bicyclic) bond motifs is 1. The van der Waals surface area contributed by atoms with Crippen LogP contribution in [0, 0.1) is 25.5 Å². The first-order chi connectivity index (χ1) is 23.0. The van der Waals surface area contributed by atoms with Crippen LogP contribution in [0.4, 0.5) is 40.8 Å². The van der Waals surface area contributed by atoms with E-state index in [2.05, 4.69) is 15.3 Å². The van der Waals surface area contributed by atoms with Gasteiger partial charge < -0.3 is 19.7 Å². The van der Waals surface area contributed by atoms with Crippen LogP contribution in [0.15, 0.2) is 48.7 Å². The van der Waals surface area contributed by atoms with Crippen LogP contribution in [0.5, 0.6) is 0 Å². The Kier molecular flexibility index (Phi) is 9.82. The predicted molar refractivity (Wildman–Crippen MR) is 161 cm³/mol. The Hall–Kier alpha value is -4.86. The van der Waals surface area contributed by atoms with Gasteiger partial charge in [-0.1, -0.05) is 18.2 Å². The van der Waals surface area contributed by atoms with Crippen LogP contribution in [0.3, 0.4) is 0 Å². The zero-order chi connectivity index (χ0) is 35.8. The summed E-state index contributed by atoms with van der Waals surface area (Å²) in [6.45, 7) is 1.85. The molecule has 0 saturated carbocycles. The number of rotatable bonds is 7.